The molecule has 2 nitrogen and oxygen atoms in total. The predicted octanol–water partition coefficient (Wildman–Crippen LogP) is 3.35. The highest BCUT2D eigenvalue weighted by atomic mass is 16.8. The zero-order valence-electron chi connectivity index (χ0n) is 11.2. The second-order valence-corrected chi connectivity index (χ2v) is 6.89. The molecule has 0 aromatic carbocycles. The first-order valence-corrected chi connectivity index (χ1v) is 6.68. The molecule has 1 heterocycles. The molecular weight excluding hydrogens is 200 g/mol. The molecular formula is C14H24O2. The maximum Gasteiger partial charge on any atom is 0.175 e. The Kier molecular flexibility index (Phi) is 1.96. The number of hydrogen-bond acceptors (Lipinski definition) is 2. The first kappa shape index (κ1) is 11.0. The third-order valence-electron chi connectivity index (χ3n) is 6.20. The molecule has 1 saturated heterocycles. The number of ether oxygens (including phenoxy) is 2. The molecule has 0 unspecified atom stereocenters. The number of hydrogen-bond donors (Lipinski definition) is 0. The van der Waals surface area contributed by atoms with E-state index in [9.17, 15) is 0 Å². The van der Waals surface area contributed by atoms with Crippen LogP contribution in [0.2, 0.25) is 0 Å². The Labute approximate surface area is 98.7 Å². The molecule has 3 fully saturated rings. The summed E-state index contributed by atoms with van der Waals surface area (Å²) in [5, 5.41) is 0. The van der Waals surface area contributed by atoms with Crippen LogP contribution < -0.4 is 0 Å². The van der Waals surface area contributed by atoms with E-state index in [1.165, 1.54) is 12.8 Å². The van der Waals surface area contributed by atoms with E-state index < -0.39 is 0 Å². The number of rotatable bonds is 0. The van der Waals surface area contributed by atoms with Crippen molar-refractivity contribution in [1.82, 2.24) is 0 Å². The van der Waals surface area contributed by atoms with Gasteiger partial charge in [-0.05, 0) is 38.0 Å². The standard InChI is InChI=1S/C14H24O2/c1-9-10(2)16-14(15-9)8-11-6-7-13(14,5)12(11,3)4/h9-11H,6-8H2,1-5H3/t9-,10-,11+,13-/m1/s1. The quantitative estimate of drug-likeness (QED) is 0.628. The maximum absolute atomic E-state index is 6.27. The molecule has 1 spiro atoms. The summed E-state index contributed by atoms with van der Waals surface area (Å²) in [7, 11) is 0. The van der Waals surface area contributed by atoms with Gasteiger partial charge in [0.2, 0.25) is 0 Å². The van der Waals surface area contributed by atoms with Gasteiger partial charge in [-0.25, -0.2) is 0 Å². The largest absolute Gasteiger partial charge is 0.344 e. The Bertz CT molecular complexity index is 313. The molecule has 3 rings (SSSR count). The molecule has 4 atom stereocenters. The molecule has 0 radical (unpaired) electrons. The first-order chi connectivity index (χ1) is 7.32. The molecule has 92 valence electrons. The second kappa shape index (κ2) is 2.84. The SMILES string of the molecule is C[C@H]1OC2(C[C@@H]3CC[C@]2(C)C3(C)C)O[C@@H]1C. The van der Waals surface area contributed by atoms with Gasteiger partial charge in [-0.1, -0.05) is 20.8 Å². The van der Waals surface area contributed by atoms with Crippen LogP contribution in [0.25, 0.3) is 0 Å². The summed E-state index contributed by atoms with van der Waals surface area (Å²) >= 11 is 0. The van der Waals surface area contributed by atoms with E-state index in [1.54, 1.807) is 0 Å². The lowest BCUT2D eigenvalue weighted by Gasteiger charge is -2.44. The molecule has 0 amide bonds. The average molecular weight is 224 g/mol. The molecule has 2 saturated carbocycles. The topological polar surface area (TPSA) is 18.5 Å². The van der Waals surface area contributed by atoms with Crippen molar-refractivity contribution < 1.29 is 9.47 Å². The monoisotopic (exact) mass is 224 g/mol. The zero-order valence-corrected chi connectivity index (χ0v) is 11.2. The summed E-state index contributed by atoms with van der Waals surface area (Å²) in [4.78, 5) is 0. The first-order valence-electron chi connectivity index (χ1n) is 6.68. The van der Waals surface area contributed by atoms with Crippen LogP contribution >= 0.6 is 0 Å². The van der Waals surface area contributed by atoms with Gasteiger partial charge in [0.1, 0.15) is 0 Å². The molecule has 1 aliphatic heterocycles. The van der Waals surface area contributed by atoms with Crippen LogP contribution in [0, 0.1) is 16.7 Å². The fraction of sp³-hybridized carbons (Fsp3) is 1.00. The molecule has 3 aliphatic rings. The highest BCUT2D eigenvalue weighted by molar-refractivity contribution is 5.16. The van der Waals surface area contributed by atoms with Gasteiger partial charge in [0, 0.05) is 11.8 Å². The summed E-state index contributed by atoms with van der Waals surface area (Å²) < 4.78 is 12.5. The minimum atomic E-state index is -0.280. The fourth-order valence-corrected chi connectivity index (χ4v) is 4.36. The average Bonchev–Trinajstić information content (AvgIpc) is 2.63. The van der Waals surface area contributed by atoms with Gasteiger partial charge in [-0.2, -0.15) is 0 Å². The maximum atomic E-state index is 6.27. The van der Waals surface area contributed by atoms with Crippen LogP contribution in [0.1, 0.15) is 53.9 Å². The van der Waals surface area contributed by atoms with Gasteiger partial charge >= 0.3 is 0 Å². The van der Waals surface area contributed by atoms with Crippen molar-refractivity contribution in [3.8, 4) is 0 Å². The summed E-state index contributed by atoms with van der Waals surface area (Å²) in [5.74, 6) is 0.494. The smallest absolute Gasteiger partial charge is 0.175 e. The van der Waals surface area contributed by atoms with E-state index >= 15 is 0 Å². The lowest BCUT2D eigenvalue weighted by atomic mass is 9.68. The Morgan fingerprint density at radius 2 is 1.56 bits per heavy atom. The summed E-state index contributed by atoms with van der Waals surface area (Å²) in [6.07, 6.45) is 4.19. The van der Waals surface area contributed by atoms with Crippen LogP contribution in [0.5, 0.6) is 0 Å². The Hall–Kier alpha value is -0.0800. The van der Waals surface area contributed by atoms with Crippen LogP contribution in [0.15, 0.2) is 0 Å². The van der Waals surface area contributed by atoms with Crippen molar-refractivity contribution >= 4 is 0 Å². The Morgan fingerprint density at radius 1 is 1.00 bits per heavy atom. The lowest BCUT2D eigenvalue weighted by molar-refractivity contribution is -0.248. The summed E-state index contributed by atoms with van der Waals surface area (Å²) in [5.41, 5.74) is 0.556. The van der Waals surface area contributed by atoms with Gasteiger partial charge < -0.3 is 9.47 Å². The van der Waals surface area contributed by atoms with Crippen molar-refractivity contribution in [3.63, 3.8) is 0 Å². The molecule has 0 aromatic heterocycles. The molecule has 0 aromatic rings. The van der Waals surface area contributed by atoms with Crippen LogP contribution in [-0.2, 0) is 9.47 Å². The van der Waals surface area contributed by atoms with Gasteiger partial charge in [-0.3, -0.25) is 0 Å². The predicted molar refractivity (Wildman–Crippen MR) is 63.1 cm³/mol. The van der Waals surface area contributed by atoms with E-state index in [0.717, 1.165) is 12.3 Å². The van der Waals surface area contributed by atoms with Crippen LogP contribution in [-0.4, -0.2) is 18.0 Å². The third-order valence-corrected chi connectivity index (χ3v) is 6.20. The minimum absolute atomic E-state index is 0.198. The molecule has 2 heteroatoms. The van der Waals surface area contributed by atoms with E-state index in [-0.39, 0.29) is 23.4 Å². The van der Waals surface area contributed by atoms with E-state index in [4.69, 9.17) is 9.47 Å². The van der Waals surface area contributed by atoms with E-state index in [1.807, 2.05) is 0 Å². The third kappa shape index (κ3) is 0.971. The van der Waals surface area contributed by atoms with Gasteiger partial charge in [0.25, 0.3) is 0 Å². The van der Waals surface area contributed by atoms with Gasteiger partial charge in [-0.15, -0.1) is 0 Å². The summed E-state index contributed by atoms with van der Waals surface area (Å²) in [6, 6.07) is 0. The Balaban J connectivity index is 2.01. The van der Waals surface area contributed by atoms with Gasteiger partial charge in [0.15, 0.2) is 5.79 Å². The lowest BCUT2D eigenvalue weighted by Crippen LogP contribution is -2.48. The van der Waals surface area contributed by atoms with Crippen molar-refractivity contribution in [3.05, 3.63) is 0 Å². The summed E-state index contributed by atoms with van der Waals surface area (Å²) in [6.45, 7) is 11.5. The van der Waals surface area contributed by atoms with E-state index in [0.29, 0.717) is 5.41 Å². The molecule has 0 N–H and O–H groups in total. The fourth-order valence-electron chi connectivity index (χ4n) is 4.36. The Morgan fingerprint density at radius 3 is 1.94 bits per heavy atom. The molecule has 16 heavy (non-hydrogen) atoms. The highest BCUT2D eigenvalue weighted by Crippen LogP contribution is 2.72. The van der Waals surface area contributed by atoms with E-state index in [2.05, 4.69) is 34.6 Å². The van der Waals surface area contributed by atoms with Crippen molar-refractivity contribution in [1.29, 1.82) is 0 Å². The van der Waals surface area contributed by atoms with Crippen molar-refractivity contribution in [2.45, 2.75) is 71.9 Å². The van der Waals surface area contributed by atoms with Gasteiger partial charge in [0.05, 0.1) is 12.2 Å². The molecule has 2 bridgehead atoms. The zero-order chi connectivity index (χ0) is 11.8. The number of fused-ring (bicyclic) bond motifs is 3. The highest BCUT2D eigenvalue weighted by Gasteiger charge is 2.72. The van der Waals surface area contributed by atoms with Crippen molar-refractivity contribution in [2.75, 3.05) is 0 Å². The molecule has 2 aliphatic carbocycles. The van der Waals surface area contributed by atoms with Crippen LogP contribution in [0.4, 0.5) is 0 Å². The van der Waals surface area contributed by atoms with Crippen LogP contribution in [0.3, 0.4) is 0 Å². The van der Waals surface area contributed by atoms with Crippen molar-refractivity contribution in [2.24, 2.45) is 16.7 Å². The normalized spacial score (nSPS) is 52.7. The second-order valence-electron chi connectivity index (χ2n) is 6.89. The minimum Gasteiger partial charge on any atom is -0.344 e.